The Morgan fingerprint density at radius 3 is 2.96 bits per heavy atom. The molecule has 0 aliphatic rings. The molecule has 1 N–H and O–H groups in total. The number of anilines is 1. The van der Waals surface area contributed by atoms with Crippen LogP contribution in [0.15, 0.2) is 52.5 Å². The van der Waals surface area contributed by atoms with Gasteiger partial charge in [-0.2, -0.15) is 5.26 Å². The van der Waals surface area contributed by atoms with Crippen LogP contribution in [0.5, 0.6) is 0 Å². The van der Waals surface area contributed by atoms with Crippen LogP contribution in [0, 0.1) is 11.3 Å². The van der Waals surface area contributed by atoms with Crippen molar-refractivity contribution in [3.63, 3.8) is 0 Å². The van der Waals surface area contributed by atoms with E-state index >= 15 is 0 Å². The van der Waals surface area contributed by atoms with Gasteiger partial charge in [-0.3, -0.25) is 4.79 Å². The maximum atomic E-state index is 11.9. The number of rotatable bonds is 6. The number of thiophene rings is 1. The number of oxazole rings is 1. The third kappa shape index (κ3) is 4.04. The van der Waals surface area contributed by atoms with Gasteiger partial charge >= 0.3 is 0 Å². The van der Waals surface area contributed by atoms with Gasteiger partial charge in [-0.05, 0) is 23.6 Å². The molecule has 0 unspecified atom stereocenters. The Morgan fingerprint density at radius 2 is 2.17 bits per heavy atom. The molecule has 5 nitrogen and oxygen atoms in total. The number of nitriles is 1. The van der Waals surface area contributed by atoms with Gasteiger partial charge in [-0.1, -0.05) is 18.2 Å². The van der Waals surface area contributed by atoms with Crippen molar-refractivity contribution in [3.8, 4) is 17.5 Å². The van der Waals surface area contributed by atoms with Gasteiger partial charge in [-0.25, -0.2) is 4.98 Å². The molecule has 2 heterocycles. The molecule has 0 fully saturated rings. The second-order valence-electron chi connectivity index (χ2n) is 4.83. The Labute approximate surface area is 147 Å². The number of nitrogens with one attached hydrogen (secondary N) is 1. The van der Waals surface area contributed by atoms with Gasteiger partial charge < -0.3 is 9.73 Å². The quantitative estimate of drug-likeness (QED) is 0.719. The van der Waals surface area contributed by atoms with Gasteiger partial charge in [0.1, 0.15) is 17.3 Å². The van der Waals surface area contributed by atoms with E-state index in [4.69, 9.17) is 9.68 Å². The molecule has 1 aromatic carbocycles. The van der Waals surface area contributed by atoms with Crippen molar-refractivity contribution in [1.82, 2.24) is 4.98 Å². The molecule has 24 heavy (non-hydrogen) atoms. The first kappa shape index (κ1) is 16.3. The Morgan fingerprint density at radius 1 is 1.33 bits per heavy atom. The highest BCUT2D eigenvalue weighted by atomic mass is 32.2. The normalized spacial score (nSPS) is 10.3. The van der Waals surface area contributed by atoms with Gasteiger partial charge in [0.15, 0.2) is 0 Å². The van der Waals surface area contributed by atoms with Crippen molar-refractivity contribution in [1.29, 1.82) is 5.26 Å². The highest BCUT2D eigenvalue weighted by Gasteiger charge is 2.10. The molecule has 120 valence electrons. The van der Waals surface area contributed by atoms with Crippen LogP contribution in [0.25, 0.3) is 11.5 Å². The summed E-state index contributed by atoms with van der Waals surface area (Å²) in [7, 11) is 0. The Kier molecular flexibility index (Phi) is 5.31. The summed E-state index contributed by atoms with van der Waals surface area (Å²) < 4.78 is 5.46. The molecule has 0 spiro atoms. The SMILES string of the molecule is N#Cc1ccsc1NC(=O)CSCc1coc(-c2ccccc2)n1. The fourth-order valence-corrected chi connectivity index (χ4v) is 3.45. The average Bonchev–Trinajstić information content (AvgIpc) is 3.25. The molecule has 1 amide bonds. The molecule has 0 saturated heterocycles. The maximum absolute atomic E-state index is 11.9. The van der Waals surface area contributed by atoms with Crippen LogP contribution in [0.1, 0.15) is 11.3 Å². The predicted molar refractivity (Wildman–Crippen MR) is 95.8 cm³/mol. The third-order valence-electron chi connectivity index (χ3n) is 3.09. The van der Waals surface area contributed by atoms with Crippen LogP contribution in [-0.2, 0) is 10.5 Å². The lowest BCUT2D eigenvalue weighted by molar-refractivity contribution is -0.113. The zero-order valence-electron chi connectivity index (χ0n) is 12.6. The first-order valence-electron chi connectivity index (χ1n) is 7.11. The number of carbonyl (C=O) groups is 1. The number of thioether (sulfide) groups is 1. The molecule has 7 heteroatoms. The minimum atomic E-state index is -0.134. The van der Waals surface area contributed by atoms with Gasteiger partial charge in [0.25, 0.3) is 0 Å². The van der Waals surface area contributed by atoms with Crippen molar-refractivity contribution in [2.24, 2.45) is 0 Å². The number of carbonyl (C=O) groups excluding carboxylic acids is 1. The minimum absolute atomic E-state index is 0.134. The maximum Gasteiger partial charge on any atom is 0.235 e. The smallest absolute Gasteiger partial charge is 0.235 e. The van der Waals surface area contributed by atoms with Crippen molar-refractivity contribution < 1.29 is 9.21 Å². The summed E-state index contributed by atoms with van der Waals surface area (Å²) in [5, 5.41) is 14.0. The first-order chi connectivity index (χ1) is 11.8. The number of aromatic nitrogens is 1. The summed E-state index contributed by atoms with van der Waals surface area (Å²) in [5.41, 5.74) is 2.20. The summed E-state index contributed by atoms with van der Waals surface area (Å²) in [6, 6.07) is 13.4. The van der Waals surface area contributed by atoms with E-state index in [1.807, 2.05) is 36.4 Å². The van der Waals surface area contributed by atoms with Crippen LogP contribution in [0.3, 0.4) is 0 Å². The first-order valence-corrected chi connectivity index (χ1v) is 9.14. The molecule has 0 bridgehead atoms. The Hall–Kier alpha value is -2.56. The lowest BCUT2D eigenvalue weighted by atomic mass is 10.2. The van der Waals surface area contributed by atoms with Crippen LogP contribution in [0.2, 0.25) is 0 Å². The van der Waals surface area contributed by atoms with Crippen LogP contribution in [-0.4, -0.2) is 16.6 Å². The fraction of sp³-hybridized carbons (Fsp3) is 0.118. The van der Waals surface area contributed by atoms with Crippen LogP contribution in [0.4, 0.5) is 5.00 Å². The van der Waals surface area contributed by atoms with E-state index in [0.717, 1.165) is 11.3 Å². The van der Waals surface area contributed by atoms with Crippen molar-refractivity contribution in [3.05, 3.63) is 59.3 Å². The molecule has 0 aliphatic heterocycles. The standard InChI is InChI=1S/C17H13N3O2S2/c18-8-13-6-7-24-17(13)20-15(21)11-23-10-14-9-22-16(19-14)12-4-2-1-3-5-12/h1-7,9H,10-11H2,(H,20,21). The lowest BCUT2D eigenvalue weighted by Crippen LogP contribution is -2.13. The van der Waals surface area contributed by atoms with Gasteiger partial charge in [-0.15, -0.1) is 23.1 Å². The highest BCUT2D eigenvalue weighted by molar-refractivity contribution is 7.99. The van der Waals surface area contributed by atoms with Crippen molar-refractivity contribution >= 4 is 34.0 Å². The van der Waals surface area contributed by atoms with Gasteiger partial charge in [0.2, 0.25) is 11.8 Å². The van der Waals surface area contributed by atoms with Gasteiger partial charge in [0.05, 0.1) is 17.0 Å². The second-order valence-corrected chi connectivity index (χ2v) is 6.73. The summed E-state index contributed by atoms with van der Waals surface area (Å²) in [6.45, 7) is 0. The second kappa shape index (κ2) is 7.81. The Bertz CT molecular complexity index is 865. The minimum Gasteiger partial charge on any atom is -0.444 e. The van der Waals surface area contributed by atoms with E-state index in [9.17, 15) is 4.79 Å². The van der Waals surface area contributed by atoms with E-state index in [1.54, 1.807) is 17.7 Å². The molecule has 3 rings (SSSR count). The van der Waals surface area contributed by atoms with Crippen LogP contribution >= 0.6 is 23.1 Å². The van der Waals surface area contributed by atoms with E-state index in [0.29, 0.717) is 22.2 Å². The average molecular weight is 355 g/mol. The molecular weight excluding hydrogens is 342 g/mol. The third-order valence-corrected chi connectivity index (χ3v) is 4.89. The molecular formula is C17H13N3O2S2. The summed E-state index contributed by atoms with van der Waals surface area (Å²) in [5.74, 6) is 1.31. The largest absolute Gasteiger partial charge is 0.444 e. The number of amides is 1. The predicted octanol–water partition coefficient (Wildman–Crippen LogP) is 4.15. The fourth-order valence-electron chi connectivity index (χ4n) is 1.99. The summed E-state index contributed by atoms with van der Waals surface area (Å²) >= 11 is 2.79. The molecule has 2 aromatic heterocycles. The molecule has 0 saturated carbocycles. The Balaban J connectivity index is 1.49. The molecule has 3 aromatic rings. The number of hydrogen-bond acceptors (Lipinski definition) is 6. The summed E-state index contributed by atoms with van der Waals surface area (Å²) in [6.07, 6.45) is 1.61. The van der Waals surface area contributed by atoms with E-state index in [1.165, 1.54) is 23.1 Å². The highest BCUT2D eigenvalue weighted by Crippen LogP contribution is 2.23. The molecule has 0 aliphatic carbocycles. The van der Waals surface area contributed by atoms with Crippen molar-refractivity contribution in [2.45, 2.75) is 5.75 Å². The van der Waals surface area contributed by atoms with Gasteiger partial charge in [0, 0.05) is 11.3 Å². The zero-order chi connectivity index (χ0) is 16.8. The lowest BCUT2D eigenvalue weighted by Gasteiger charge is -2.02. The molecule has 0 radical (unpaired) electrons. The van der Waals surface area contributed by atoms with E-state index in [2.05, 4.69) is 10.3 Å². The zero-order valence-corrected chi connectivity index (χ0v) is 14.2. The number of hydrogen-bond donors (Lipinski definition) is 1. The molecule has 0 atom stereocenters. The monoisotopic (exact) mass is 355 g/mol. The van der Waals surface area contributed by atoms with Crippen LogP contribution < -0.4 is 5.32 Å². The van der Waals surface area contributed by atoms with E-state index < -0.39 is 0 Å². The number of benzene rings is 1. The topological polar surface area (TPSA) is 78.9 Å². The van der Waals surface area contributed by atoms with E-state index in [-0.39, 0.29) is 11.7 Å². The number of nitrogens with zero attached hydrogens (tertiary/aromatic N) is 2. The van der Waals surface area contributed by atoms with Crippen molar-refractivity contribution in [2.75, 3.05) is 11.1 Å². The summed E-state index contributed by atoms with van der Waals surface area (Å²) in [4.78, 5) is 16.3.